The maximum absolute atomic E-state index is 12.4. The number of carbonyl (C=O) groups is 2. The van der Waals surface area contributed by atoms with Crippen molar-refractivity contribution in [1.82, 2.24) is 0 Å². The number of benzene rings is 2. The van der Waals surface area contributed by atoms with Crippen LogP contribution in [0.15, 0.2) is 61.2 Å². The predicted octanol–water partition coefficient (Wildman–Crippen LogP) is 6.99. The summed E-state index contributed by atoms with van der Waals surface area (Å²) in [7, 11) is 0. The third-order valence-corrected chi connectivity index (χ3v) is 6.36. The Balaban J connectivity index is 1.47. The number of ether oxygens (including phenoxy) is 2. The highest BCUT2D eigenvalue weighted by Gasteiger charge is 2.22. The van der Waals surface area contributed by atoms with Crippen LogP contribution in [0.5, 0.6) is 5.75 Å². The van der Waals surface area contributed by atoms with Gasteiger partial charge in [0.1, 0.15) is 12.4 Å². The van der Waals surface area contributed by atoms with Crippen LogP contribution in [0.1, 0.15) is 85.7 Å². The molecule has 2 aromatic carbocycles. The Hall–Kier alpha value is -2.88. The summed E-state index contributed by atoms with van der Waals surface area (Å²) in [5.74, 6) is 1.19. The average molecular weight is 435 g/mol. The van der Waals surface area contributed by atoms with Crippen LogP contribution in [0.2, 0.25) is 0 Å². The van der Waals surface area contributed by atoms with Crippen molar-refractivity contribution in [2.24, 2.45) is 5.92 Å². The second-order valence-electron chi connectivity index (χ2n) is 8.68. The minimum absolute atomic E-state index is 0.141. The molecule has 0 N–H and O–H groups in total. The number of hydrogen-bond donors (Lipinski definition) is 0. The molecule has 1 aliphatic rings. The normalized spacial score (nSPS) is 18.0. The Labute approximate surface area is 191 Å². The van der Waals surface area contributed by atoms with Crippen LogP contribution in [-0.2, 0) is 16.1 Å². The minimum atomic E-state index is -0.475. The summed E-state index contributed by atoms with van der Waals surface area (Å²) in [4.78, 5) is 23.6. The molecule has 0 spiro atoms. The van der Waals surface area contributed by atoms with Crippen molar-refractivity contribution in [1.29, 1.82) is 0 Å². The molecule has 0 radical (unpaired) electrons. The standard InChI is InChI=1S/C28H34O4/c1-3-5-6-7-21-8-12-23(13-9-21)24-16-18-26(19-17-24)32-28(30)25-14-10-22(11-15-25)20-31-27(29)4-2/h4,10-11,14-19,21,23H,2-3,5-9,12-13,20H2,1H3. The van der Waals surface area contributed by atoms with Gasteiger partial charge in [0, 0.05) is 6.08 Å². The third kappa shape index (κ3) is 7.08. The predicted molar refractivity (Wildman–Crippen MR) is 127 cm³/mol. The van der Waals surface area contributed by atoms with Crippen LogP contribution in [0.3, 0.4) is 0 Å². The van der Waals surface area contributed by atoms with E-state index in [1.807, 2.05) is 12.1 Å². The zero-order valence-corrected chi connectivity index (χ0v) is 19.1. The second-order valence-corrected chi connectivity index (χ2v) is 8.68. The minimum Gasteiger partial charge on any atom is -0.458 e. The molecule has 0 heterocycles. The van der Waals surface area contributed by atoms with Gasteiger partial charge in [0.05, 0.1) is 5.56 Å². The van der Waals surface area contributed by atoms with Crippen molar-refractivity contribution in [3.8, 4) is 5.75 Å². The highest BCUT2D eigenvalue weighted by Crippen LogP contribution is 2.38. The number of esters is 2. The zero-order valence-electron chi connectivity index (χ0n) is 19.1. The summed E-state index contributed by atoms with van der Waals surface area (Å²) in [5.41, 5.74) is 2.59. The summed E-state index contributed by atoms with van der Waals surface area (Å²) >= 11 is 0. The lowest BCUT2D eigenvalue weighted by atomic mass is 9.77. The van der Waals surface area contributed by atoms with E-state index >= 15 is 0 Å². The maximum Gasteiger partial charge on any atom is 0.343 e. The molecule has 4 heteroatoms. The van der Waals surface area contributed by atoms with Crippen LogP contribution < -0.4 is 4.74 Å². The molecule has 0 amide bonds. The van der Waals surface area contributed by atoms with E-state index in [1.165, 1.54) is 56.9 Å². The fourth-order valence-electron chi connectivity index (χ4n) is 4.39. The van der Waals surface area contributed by atoms with Crippen molar-refractivity contribution in [2.45, 2.75) is 70.8 Å². The maximum atomic E-state index is 12.4. The molecule has 0 saturated heterocycles. The van der Waals surface area contributed by atoms with E-state index in [9.17, 15) is 9.59 Å². The Morgan fingerprint density at radius 2 is 1.66 bits per heavy atom. The Bertz CT molecular complexity index is 875. The van der Waals surface area contributed by atoms with Crippen LogP contribution in [0.4, 0.5) is 0 Å². The largest absolute Gasteiger partial charge is 0.458 e. The van der Waals surface area contributed by atoms with Crippen molar-refractivity contribution in [3.63, 3.8) is 0 Å². The molecule has 1 saturated carbocycles. The molecule has 0 unspecified atom stereocenters. The fraction of sp³-hybridized carbons (Fsp3) is 0.429. The lowest BCUT2D eigenvalue weighted by Gasteiger charge is -2.29. The van der Waals surface area contributed by atoms with Gasteiger partial charge >= 0.3 is 11.9 Å². The van der Waals surface area contributed by atoms with Gasteiger partial charge < -0.3 is 9.47 Å². The SMILES string of the molecule is C=CC(=O)OCc1ccc(C(=O)Oc2ccc(C3CCC(CCCCC)CC3)cc2)cc1. The Morgan fingerprint density at radius 1 is 0.969 bits per heavy atom. The number of rotatable bonds is 10. The van der Waals surface area contributed by atoms with Gasteiger partial charge in [-0.05, 0) is 72.9 Å². The van der Waals surface area contributed by atoms with Crippen LogP contribution in [-0.4, -0.2) is 11.9 Å². The highest BCUT2D eigenvalue weighted by molar-refractivity contribution is 5.91. The first-order valence-electron chi connectivity index (χ1n) is 11.8. The van der Waals surface area contributed by atoms with E-state index < -0.39 is 11.9 Å². The van der Waals surface area contributed by atoms with E-state index in [4.69, 9.17) is 9.47 Å². The van der Waals surface area contributed by atoms with Crippen molar-refractivity contribution < 1.29 is 19.1 Å². The van der Waals surface area contributed by atoms with Gasteiger partial charge in [-0.2, -0.15) is 0 Å². The Kier molecular flexibility index (Phi) is 9.09. The topological polar surface area (TPSA) is 52.6 Å². The van der Waals surface area contributed by atoms with Crippen molar-refractivity contribution in [2.75, 3.05) is 0 Å². The smallest absolute Gasteiger partial charge is 0.343 e. The molecule has 170 valence electrons. The van der Waals surface area contributed by atoms with Crippen LogP contribution in [0.25, 0.3) is 0 Å². The number of carbonyl (C=O) groups excluding carboxylic acids is 2. The quantitative estimate of drug-likeness (QED) is 0.175. The fourth-order valence-corrected chi connectivity index (χ4v) is 4.39. The van der Waals surface area contributed by atoms with E-state index in [1.54, 1.807) is 24.3 Å². The first kappa shape index (κ1) is 23.8. The molecule has 1 aliphatic carbocycles. The van der Waals surface area contributed by atoms with E-state index in [0.29, 0.717) is 17.2 Å². The van der Waals surface area contributed by atoms with Crippen LogP contribution in [0, 0.1) is 5.92 Å². The van der Waals surface area contributed by atoms with Gasteiger partial charge in [0.25, 0.3) is 0 Å². The van der Waals surface area contributed by atoms with Gasteiger partial charge in [-0.3, -0.25) is 0 Å². The van der Waals surface area contributed by atoms with Crippen molar-refractivity contribution in [3.05, 3.63) is 77.9 Å². The number of hydrogen-bond acceptors (Lipinski definition) is 4. The van der Waals surface area contributed by atoms with E-state index in [2.05, 4.69) is 25.6 Å². The van der Waals surface area contributed by atoms with E-state index in [-0.39, 0.29) is 6.61 Å². The monoisotopic (exact) mass is 434 g/mol. The lowest BCUT2D eigenvalue weighted by Crippen LogP contribution is -2.13. The van der Waals surface area contributed by atoms with Gasteiger partial charge in [-0.25, -0.2) is 9.59 Å². The zero-order chi connectivity index (χ0) is 22.8. The average Bonchev–Trinajstić information content (AvgIpc) is 2.84. The third-order valence-electron chi connectivity index (χ3n) is 6.36. The summed E-state index contributed by atoms with van der Waals surface area (Å²) in [6.45, 7) is 5.77. The molecule has 1 fully saturated rings. The van der Waals surface area contributed by atoms with Gasteiger partial charge in [-0.1, -0.05) is 63.5 Å². The highest BCUT2D eigenvalue weighted by atomic mass is 16.5. The Morgan fingerprint density at radius 3 is 2.28 bits per heavy atom. The molecule has 0 aliphatic heterocycles. The van der Waals surface area contributed by atoms with Crippen molar-refractivity contribution >= 4 is 11.9 Å². The summed E-state index contributed by atoms with van der Waals surface area (Å²) in [6, 6.07) is 14.8. The molecule has 3 rings (SSSR count). The molecule has 2 aromatic rings. The van der Waals surface area contributed by atoms with Crippen LogP contribution >= 0.6 is 0 Å². The first-order chi connectivity index (χ1) is 15.6. The summed E-state index contributed by atoms with van der Waals surface area (Å²) in [5, 5.41) is 0. The number of unbranched alkanes of at least 4 members (excludes halogenated alkanes) is 2. The molecule has 4 nitrogen and oxygen atoms in total. The van der Waals surface area contributed by atoms with E-state index in [0.717, 1.165) is 17.6 Å². The summed E-state index contributed by atoms with van der Waals surface area (Å²) < 4.78 is 10.5. The van der Waals surface area contributed by atoms with Gasteiger partial charge in [-0.15, -0.1) is 0 Å². The molecular formula is C28H34O4. The molecule has 32 heavy (non-hydrogen) atoms. The summed E-state index contributed by atoms with van der Waals surface area (Å²) in [6.07, 6.45) is 11.7. The second kappa shape index (κ2) is 12.2. The molecule has 0 atom stereocenters. The molecular weight excluding hydrogens is 400 g/mol. The lowest BCUT2D eigenvalue weighted by molar-refractivity contribution is -0.138. The van der Waals surface area contributed by atoms with Gasteiger partial charge in [0.15, 0.2) is 0 Å². The molecule has 0 bridgehead atoms. The van der Waals surface area contributed by atoms with Gasteiger partial charge in [0.2, 0.25) is 0 Å². The first-order valence-corrected chi connectivity index (χ1v) is 11.8. The molecule has 0 aromatic heterocycles.